The van der Waals surface area contributed by atoms with Gasteiger partial charge in [0, 0.05) is 23.8 Å². The van der Waals surface area contributed by atoms with Gasteiger partial charge in [0.1, 0.15) is 5.82 Å². The fourth-order valence-corrected chi connectivity index (χ4v) is 5.91. The summed E-state index contributed by atoms with van der Waals surface area (Å²) in [6.45, 7) is 5.90. The third-order valence-electron chi connectivity index (χ3n) is 7.62. The molecule has 0 saturated heterocycles. The lowest BCUT2D eigenvalue weighted by Gasteiger charge is -2.34. The summed E-state index contributed by atoms with van der Waals surface area (Å²) in [5.41, 5.74) is 4.36. The number of amides is 1. The number of carbonyl (C=O) groups excluding carboxylic acids is 1. The van der Waals surface area contributed by atoms with Crippen molar-refractivity contribution in [2.45, 2.75) is 83.9 Å². The lowest BCUT2D eigenvalue weighted by atomic mass is 9.85. The smallest absolute Gasteiger partial charge is 0.414 e. The van der Waals surface area contributed by atoms with E-state index in [2.05, 4.69) is 14.5 Å². The lowest BCUT2D eigenvalue weighted by molar-refractivity contribution is -0.143. The number of hydrogen-bond acceptors (Lipinski definition) is 7. The first-order chi connectivity index (χ1) is 18.3. The van der Waals surface area contributed by atoms with Gasteiger partial charge in [-0.2, -0.15) is 0 Å². The summed E-state index contributed by atoms with van der Waals surface area (Å²) in [5, 5.41) is 9.75. The van der Waals surface area contributed by atoms with Gasteiger partial charge < -0.3 is 19.1 Å². The molecule has 3 aromatic rings. The summed E-state index contributed by atoms with van der Waals surface area (Å²) >= 11 is 0. The molecule has 202 valence electrons. The van der Waals surface area contributed by atoms with Crippen LogP contribution in [-0.2, 0) is 22.4 Å². The van der Waals surface area contributed by atoms with Gasteiger partial charge in [0.15, 0.2) is 0 Å². The van der Waals surface area contributed by atoms with Crippen molar-refractivity contribution in [1.82, 2.24) is 19.5 Å². The van der Waals surface area contributed by atoms with E-state index < -0.39 is 5.97 Å². The van der Waals surface area contributed by atoms with Gasteiger partial charge in [-0.15, -0.1) is 0 Å². The average molecular weight is 522 g/mol. The molecule has 1 fully saturated rings. The van der Waals surface area contributed by atoms with Crippen molar-refractivity contribution < 1.29 is 24.2 Å². The zero-order chi connectivity index (χ0) is 27.0. The molecule has 1 amide bonds. The third kappa shape index (κ3) is 4.91. The van der Waals surface area contributed by atoms with Crippen LogP contribution in [0.15, 0.2) is 24.5 Å². The van der Waals surface area contributed by atoms with Gasteiger partial charge in [0.05, 0.1) is 54.2 Å². The average Bonchev–Trinajstić information content (AvgIpc) is 3.26. The Morgan fingerprint density at radius 2 is 1.97 bits per heavy atom. The summed E-state index contributed by atoms with van der Waals surface area (Å²) in [7, 11) is 1.40. The van der Waals surface area contributed by atoms with E-state index in [-0.39, 0.29) is 30.2 Å². The predicted octanol–water partition coefficient (Wildman–Crippen LogP) is 4.93. The highest BCUT2D eigenvalue weighted by atomic mass is 16.5. The third-order valence-corrected chi connectivity index (χ3v) is 7.62. The van der Waals surface area contributed by atoms with Crippen LogP contribution in [0.3, 0.4) is 0 Å². The second kappa shape index (κ2) is 10.6. The fraction of sp³-hybridized carbons (Fsp3) is 0.536. The minimum absolute atomic E-state index is 0.00480. The molecule has 0 spiro atoms. The first kappa shape index (κ1) is 25.9. The quantitative estimate of drug-likeness (QED) is 0.485. The monoisotopic (exact) mass is 521 g/mol. The van der Waals surface area contributed by atoms with Gasteiger partial charge in [0.2, 0.25) is 5.88 Å². The maximum Gasteiger partial charge on any atom is 0.414 e. The number of nitrogens with zero attached hydrogens (tertiary/aromatic N) is 5. The summed E-state index contributed by atoms with van der Waals surface area (Å²) in [6.07, 6.45) is 7.90. The number of carboxylic acid groups (broad SMARTS) is 1. The van der Waals surface area contributed by atoms with Crippen molar-refractivity contribution in [2.75, 3.05) is 12.0 Å². The van der Waals surface area contributed by atoms with Crippen molar-refractivity contribution in [3.63, 3.8) is 0 Å². The Labute approximate surface area is 222 Å². The van der Waals surface area contributed by atoms with Crippen molar-refractivity contribution in [2.24, 2.45) is 5.92 Å². The van der Waals surface area contributed by atoms with Crippen molar-refractivity contribution >= 4 is 28.8 Å². The molecule has 1 saturated carbocycles. The van der Waals surface area contributed by atoms with Crippen LogP contribution in [0.1, 0.15) is 76.0 Å². The highest BCUT2D eigenvalue weighted by Gasteiger charge is 2.34. The van der Waals surface area contributed by atoms with Crippen LogP contribution in [0.5, 0.6) is 5.88 Å². The molecule has 2 aliphatic rings. The molecule has 1 unspecified atom stereocenters. The Balaban J connectivity index is 1.62. The zero-order valence-electron chi connectivity index (χ0n) is 22.4. The minimum Gasteiger partial charge on any atom is -0.481 e. The van der Waals surface area contributed by atoms with Crippen LogP contribution >= 0.6 is 0 Å². The molecular formula is C28H35N5O5. The van der Waals surface area contributed by atoms with Gasteiger partial charge in [0.25, 0.3) is 0 Å². The van der Waals surface area contributed by atoms with E-state index in [1.165, 1.54) is 7.11 Å². The molecular weight excluding hydrogens is 486 g/mol. The van der Waals surface area contributed by atoms with Crippen LogP contribution in [0.4, 0.5) is 10.5 Å². The summed E-state index contributed by atoms with van der Waals surface area (Å²) in [5.74, 6) is 0.146. The van der Waals surface area contributed by atoms with Crippen molar-refractivity contribution in [3.05, 3.63) is 41.6 Å². The van der Waals surface area contributed by atoms with E-state index in [0.29, 0.717) is 25.1 Å². The topological polar surface area (TPSA) is 120 Å². The number of imidazole rings is 1. The molecule has 3 atom stereocenters. The van der Waals surface area contributed by atoms with Crippen LogP contribution in [0.2, 0.25) is 0 Å². The Hall–Kier alpha value is -3.69. The Morgan fingerprint density at radius 3 is 2.71 bits per heavy atom. The molecule has 38 heavy (non-hydrogen) atoms. The number of aryl methyl sites for hydroxylation is 1. The van der Waals surface area contributed by atoms with Crippen molar-refractivity contribution in [1.29, 1.82) is 0 Å². The lowest BCUT2D eigenvalue weighted by Crippen LogP contribution is -2.42. The molecule has 5 rings (SSSR count). The van der Waals surface area contributed by atoms with Gasteiger partial charge >= 0.3 is 12.1 Å². The van der Waals surface area contributed by atoms with Gasteiger partial charge in [-0.1, -0.05) is 6.42 Å². The molecule has 0 bridgehead atoms. The summed E-state index contributed by atoms with van der Waals surface area (Å²) in [4.78, 5) is 40.3. The Morgan fingerprint density at radius 1 is 1.16 bits per heavy atom. The SMILES string of the molecule is COC(=O)N1c2ccc3c(nc(Cc4cncc(OC(C)C)n4)n3[C@@H]3CCC[C@@H](C(=O)O)C3)c2CCC1C. The predicted molar refractivity (Wildman–Crippen MR) is 142 cm³/mol. The molecule has 1 aliphatic carbocycles. The molecule has 0 radical (unpaired) electrons. The molecule has 10 heteroatoms. The summed E-state index contributed by atoms with van der Waals surface area (Å²) < 4.78 is 13.0. The summed E-state index contributed by atoms with van der Waals surface area (Å²) in [6, 6.07) is 4.00. The van der Waals surface area contributed by atoms with Crippen molar-refractivity contribution in [3.8, 4) is 5.88 Å². The molecule has 3 heterocycles. The molecule has 2 aromatic heterocycles. The number of anilines is 1. The molecule has 1 aliphatic heterocycles. The number of hydrogen-bond donors (Lipinski definition) is 1. The maximum absolute atomic E-state index is 12.6. The van der Waals surface area contributed by atoms with Gasteiger partial charge in [-0.3, -0.25) is 14.7 Å². The standard InChI is InChI=1S/C28H35N5O5/c1-16(2)38-25-15-29-14-19(30-25)13-24-31-26-21-9-8-17(3)32(28(36)37-4)22(21)10-11-23(26)33(24)20-7-5-6-18(12-20)27(34)35/h10-11,14-18,20H,5-9,12-13H2,1-4H3,(H,34,35)/t17?,18-,20-/m1/s1. The number of aliphatic carboxylic acids is 1. The number of carboxylic acids is 1. The fourth-order valence-electron chi connectivity index (χ4n) is 5.91. The normalized spacial score (nSPS) is 21.4. The van der Waals surface area contributed by atoms with E-state index in [9.17, 15) is 14.7 Å². The van der Waals surface area contributed by atoms with E-state index in [1.54, 1.807) is 17.3 Å². The van der Waals surface area contributed by atoms with Crippen LogP contribution in [0, 0.1) is 5.92 Å². The zero-order valence-corrected chi connectivity index (χ0v) is 22.4. The van der Waals surface area contributed by atoms with E-state index in [0.717, 1.165) is 59.5 Å². The minimum atomic E-state index is -0.745. The second-order valence-electron chi connectivity index (χ2n) is 10.6. The Kier molecular flexibility index (Phi) is 7.23. The van der Waals surface area contributed by atoms with Gasteiger partial charge in [-0.05, 0) is 65.0 Å². The van der Waals surface area contributed by atoms with Crippen LogP contribution in [0.25, 0.3) is 11.0 Å². The van der Waals surface area contributed by atoms with Gasteiger partial charge in [-0.25, -0.2) is 14.8 Å². The van der Waals surface area contributed by atoms with E-state index in [1.807, 2.05) is 32.9 Å². The first-order valence-electron chi connectivity index (χ1n) is 13.4. The Bertz CT molecular complexity index is 1350. The molecule has 10 nitrogen and oxygen atoms in total. The van der Waals surface area contributed by atoms with E-state index in [4.69, 9.17) is 14.5 Å². The number of benzene rings is 1. The van der Waals surface area contributed by atoms with Crippen LogP contribution < -0.4 is 9.64 Å². The maximum atomic E-state index is 12.6. The highest BCUT2D eigenvalue weighted by molar-refractivity contribution is 5.95. The molecule has 1 N–H and O–H groups in total. The van der Waals surface area contributed by atoms with Crippen LogP contribution in [-0.4, -0.2) is 55.9 Å². The number of aromatic nitrogens is 4. The first-order valence-corrected chi connectivity index (χ1v) is 13.4. The largest absolute Gasteiger partial charge is 0.481 e. The number of fused-ring (bicyclic) bond motifs is 3. The molecule has 1 aromatic carbocycles. The second-order valence-corrected chi connectivity index (χ2v) is 10.6. The van der Waals surface area contributed by atoms with E-state index >= 15 is 0 Å². The highest BCUT2D eigenvalue weighted by Crippen LogP contribution is 2.40. The number of rotatable bonds is 6. The number of carbonyl (C=O) groups is 2. The number of ether oxygens (including phenoxy) is 2. The number of methoxy groups -OCH3 is 1.